The molecule has 4 aromatic rings. The number of aromatic nitrogens is 4. The van der Waals surface area contributed by atoms with Gasteiger partial charge in [0.25, 0.3) is 5.91 Å². The maximum absolute atomic E-state index is 14.0. The van der Waals surface area contributed by atoms with Crippen molar-refractivity contribution < 1.29 is 27.9 Å². The molecule has 0 saturated carbocycles. The smallest absolute Gasteiger partial charge is 0.434 e. The molecule has 12 heteroatoms. The highest BCUT2D eigenvalue weighted by Crippen LogP contribution is 2.35. The van der Waals surface area contributed by atoms with Crippen LogP contribution in [-0.2, 0) is 6.18 Å². The number of hydrogen-bond acceptors (Lipinski definition) is 5. The molecule has 0 radical (unpaired) electrons. The summed E-state index contributed by atoms with van der Waals surface area (Å²) in [5.74, 6) is -2.51. The lowest BCUT2D eigenvalue weighted by molar-refractivity contribution is -0.143. The van der Waals surface area contributed by atoms with Gasteiger partial charge in [-0.25, -0.2) is 14.5 Å². The van der Waals surface area contributed by atoms with Crippen LogP contribution in [0.1, 0.15) is 26.5 Å². The zero-order valence-corrected chi connectivity index (χ0v) is 16.5. The molecule has 3 aromatic heterocycles. The molecule has 0 spiro atoms. The van der Waals surface area contributed by atoms with E-state index in [1.165, 1.54) is 18.3 Å². The zero-order valence-electron chi connectivity index (χ0n) is 15.8. The van der Waals surface area contributed by atoms with E-state index in [4.69, 9.17) is 16.7 Å². The number of alkyl halides is 3. The molecule has 1 aromatic carbocycles. The van der Waals surface area contributed by atoms with Crippen LogP contribution < -0.4 is 5.32 Å². The predicted molar refractivity (Wildman–Crippen MR) is 108 cm³/mol. The fourth-order valence-electron chi connectivity index (χ4n) is 3.10. The van der Waals surface area contributed by atoms with Gasteiger partial charge in [0.15, 0.2) is 11.4 Å². The van der Waals surface area contributed by atoms with Crippen LogP contribution in [0, 0.1) is 0 Å². The molecule has 0 unspecified atom stereocenters. The Morgan fingerprint density at radius 3 is 2.56 bits per heavy atom. The van der Waals surface area contributed by atoms with E-state index in [1.54, 1.807) is 18.2 Å². The quantitative estimate of drug-likeness (QED) is 0.465. The number of carbonyl (C=O) groups excluding carboxylic acids is 1. The number of carbonyl (C=O) groups is 2. The van der Waals surface area contributed by atoms with Crippen molar-refractivity contribution in [2.75, 3.05) is 5.32 Å². The molecule has 162 valence electrons. The van der Waals surface area contributed by atoms with Gasteiger partial charge in [0.1, 0.15) is 0 Å². The summed E-state index contributed by atoms with van der Waals surface area (Å²) < 4.78 is 42.6. The minimum Gasteiger partial charge on any atom is -0.476 e. The van der Waals surface area contributed by atoms with Gasteiger partial charge in [0.05, 0.1) is 39.9 Å². The van der Waals surface area contributed by atoms with Crippen molar-refractivity contribution in [3.63, 3.8) is 0 Å². The number of nitrogens with zero attached hydrogens (tertiary/aromatic N) is 4. The normalized spacial score (nSPS) is 11.5. The highest BCUT2D eigenvalue weighted by atomic mass is 35.5. The molecule has 1 amide bonds. The maximum atomic E-state index is 14.0. The summed E-state index contributed by atoms with van der Waals surface area (Å²) in [6, 6.07) is 8.85. The number of halogens is 4. The average molecular weight is 462 g/mol. The Kier molecular flexibility index (Phi) is 5.26. The fraction of sp³-hybridized carbons (Fsp3) is 0.0500. The number of hydrogen-bond donors (Lipinski definition) is 2. The van der Waals surface area contributed by atoms with E-state index in [-0.39, 0.29) is 16.4 Å². The number of benzene rings is 1. The number of fused-ring (bicyclic) bond motifs is 1. The Morgan fingerprint density at radius 2 is 1.88 bits per heavy atom. The highest BCUT2D eigenvalue weighted by molar-refractivity contribution is 6.33. The lowest BCUT2D eigenvalue weighted by atomic mass is 10.1. The van der Waals surface area contributed by atoms with Crippen molar-refractivity contribution in [1.29, 1.82) is 0 Å². The van der Waals surface area contributed by atoms with E-state index < -0.39 is 35.0 Å². The Labute approximate surface area is 182 Å². The van der Waals surface area contributed by atoms with Crippen molar-refractivity contribution in [2.45, 2.75) is 6.18 Å². The minimum atomic E-state index is -4.92. The number of aromatic carboxylic acids is 1. The molecule has 3 heterocycles. The molecule has 8 nitrogen and oxygen atoms in total. The largest absolute Gasteiger partial charge is 0.476 e. The molecule has 0 aliphatic heterocycles. The first kappa shape index (κ1) is 21.2. The van der Waals surface area contributed by atoms with E-state index in [0.29, 0.717) is 15.6 Å². The number of rotatable bonds is 4. The maximum Gasteiger partial charge on any atom is 0.434 e. The molecule has 0 saturated heterocycles. The number of anilines is 1. The van der Waals surface area contributed by atoms with Gasteiger partial charge in [0.2, 0.25) is 0 Å². The summed E-state index contributed by atoms with van der Waals surface area (Å²) in [5, 5.41) is 15.1. The number of pyridine rings is 2. The van der Waals surface area contributed by atoms with Crippen molar-refractivity contribution in [3.05, 3.63) is 77.0 Å². The van der Waals surface area contributed by atoms with Crippen LogP contribution in [-0.4, -0.2) is 36.7 Å². The van der Waals surface area contributed by atoms with Gasteiger partial charge in [-0.3, -0.25) is 9.78 Å². The summed E-state index contributed by atoms with van der Waals surface area (Å²) >= 11 is 5.80. The van der Waals surface area contributed by atoms with Crippen molar-refractivity contribution in [3.8, 4) is 5.69 Å². The van der Waals surface area contributed by atoms with Crippen LogP contribution in [0.3, 0.4) is 0 Å². The summed E-state index contributed by atoms with van der Waals surface area (Å²) in [6.07, 6.45) is -1.64. The molecule has 0 fully saturated rings. The summed E-state index contributed by atoms with van der Waals surface area (Å²) in [7, 11) is 0. The van der Waals surface area contributed by atoms with E-state index in [2.05, 4.69) is 20.4 Å². The third kappa shape index (κ3) is 3.85. The van der Waals surface area contributed by atoms with Gasteiger partial charge in [-0.1, -0.05) is 17.7 Å². The van der Waals surface area contributed by atoms with Gasteiger partial charge in [0, 0.05) is 11.6 Å². The summed E-state index contributed by atoms with van der Waals surface area (Å²) in [6.45, 7) is 0. The number of carboxylic acid groups (broad SMARTS) is 1. The number of carboxylic acids is 1. The Morgan fingerprint density at radius 1 is 1.09 bits per heavy atom. The molecule has 0 aliphatic carbocycles. The van der Waals surface area contributed by atoms with E-state index >= 15 is 0 Å². The van der Waals surface area contributed by atoms with E-state index in [1.807, 2.05) is 0 Å². The highest BCUT2D eigenvalue weighted by Gasteiger charge is 2.41. The van der Waals surface area contributed by atoms with Crippen LogP contribution in [0.4, 0.5) is 18.9 Å². The van der Waals surface area contributed by atoms with E-state index in [9.17, 15) is 22.8 Å². The van der Waals surface area contributed by atoms with Gasteiger partial charge in [-0.15, -0.1) is 0 Å². The van der Waals surface area contributed by atoms with Crippen LogP contribution in [0.15, 0.2) is 55.0 Å². The molecular weight excluding hydrogens is 451 g/mol. The van der Waals surface area contributed by atoms with Crippen LogP contribution in [0.25, 0.3) is 16.6 Å². The van der Waals surface area contributed by atoms with Gasteiger partial charge < -0.3 is 10.4 Å². The van der Waals surface area contributed by atoms with Crippen LogP contribution >= 0.6 is 11.6 Å². The van der Waals surface area contributed by atoms with Crippen molar-refractivity contribution >= 4 is 40.1 Å². The van der Waals surface area contributed by atoms with Crippen LogP contribution in [0.2, 0.25) is 5.02 Å². The first-order chi connectivity index (χ1) is 15.2. The average Bonchev–Trinajstić information content (AvgIpc) is 3.19. The minimum absolute atomic E-state index is 0.0831. The first-order valence-corrected chi connectivity index (χ1v) is 9.24. The number of amides is 1. The zero-order chi connectivity index (χ0) is 23.0. The molecule has 4 rings (SSSR count). The lowest BCUT2D eigenvalue weighted by Gasteiger charge is -2.14. The van der Waals surface area contributed by atoms with E-state index in [0.717, 1.165) is 18.5 Å². The Balaban J connectivity index is 1.77. The molecule has 0 aliphatic rings. The second kappa shape index (κ2) is 7.93. The predicted octanol–water partition coefficient (Wildman–Crippen LogP) is 4.44. The second-order valence-corrected chi connectivity index (χ2v) is 6.88. The molecular formula is C20H11ClF3N5O3. The summed E-state index contributed by atoms with van der Waals surface area (Å²) in [5.41, 5.74) is -2.01. The molecule has 32 heavy (non-hydrogen) atoms. The fourth-order valence-corrected chi connectivity index (χ4v) is 3.35. The molecule has 0 atom stereocenters. The Hall–Kier alpha value is -3.99. The summed E-state index contributed by atoms with van der Waals surface area (Å²) in [4.78, 5) is 31.4. The molecule has 0 bridgehead atoms. The van der Waals surface area contributed by atoms with Crippen molar-refractivity contribution in [2.24, 2.45) is 0 Å². The topological polar surface area (TPSA) is 110 Å². The van der Waals surface area contributed by atoms with Gasteiger partial charge in [-0.05, 0) is 30.3 Å². The molecule has 2 N–H and O–H groups in total. The van der Waals surface area contributed by atoms with Crippen molar-refractivity contribution in [1.82, 2.24) is 19.7 Å². The monoisotopic (exact) mass is 461 g/mol. The second-order valence-electron chi connectivity index (χ2n) is 6.48. The number of nitrogens with one attached hydrogen (secondary N) is 1. The lowest BCUT2D eigenvalue weighted by Crippen LogP contribution is -2.21. The third-order valence-corrected chi connectivity index (χ3v) is 4.72. The van der Waals surface area contributed by atoms with Gasteiger partial charge >= 0.3 is 12.1 Å². The van der Waals surface area contributed by atoms with Crippen LogP contribution in [0.5, 0.6) is 0 Å². The Bertz CT molecular complexity index is 1370. The standard InChI is InChI=1S/C20H11ClF3N5O3/c21-13-7-10(8-26-16(13)19(31)32)28-18(30)12-9-27-29(17(12)20(22,23)24)15-5-1-4-14-11(15)3-2-6-25-14/h1-9H,(H,28,30)(H,31,32). The SMILES string of the molecule is O=C(Nc1cnc(C(=O)O)c(Cl)c1)c1cnn(-c2cccc3ncccc23)c1C(F)(F)F. The third-order valence-electron chi connectivity index (χ3n) is 4.43. The first-order valence-electron chi connectivity index (χ1n) is 8.86. The van der Waals surface area contributed by atoms with Gasteiger partial charge in [-0.2, -0.15) is 18.3 Å².